The van der Waals surface area contributed by atoms with Crippen LogP contribution in [0.15, 0.2) is 40.0 Å². The Labute approximate surface area is 122 Å². The molecule has 1 aromatic carbocycles. The van der Waals surface area contributed by atoms with Gasteiger partial charge in [-0.05, 0) is 29.0 Å². The zero-order chi connectivity index (χ0) is 13.8. The van der Waals surface area contributed by atoms with Gasteiger partial charge in [-0.25, -0.2) is 4.57 Å². The van der Waals surface area contributed by atoms with E-state index in [1.807, 2.05) is 60.4 Å². The van der Waals surface area contributed by atoms with Crippen molar-refractivity contribution in [2.45, 2.75) is 6.54 Å². The number of halogens is 1. The minimum absolute atomic E-state index is 0.491. The number of rotatable bonds is 4. The molecule has 1 aromatic heterocycles. The average Bonchev–Trinajstić information content (AvgIpc) is 2.77. The number of thiazole rings is 1. The SMILES string of the molecule is CN(C)c1ccc(CN=Nc2scc[n+]2C)c(Cl)c1. The third kappa shape index (κ3) is 3.52. The summed E-state index contributed by atoms with van der Waals surface area (Å²) in [6.45, 7) is 0.491. The molecule has 0 unspecified atom stereocenters. The molecule has 4 nitrogen and oxygen atoms in total. The highest BCUT2D eigenvalue weighted by Crippen LogP contribution is 2.23. The topological polar surface area (TPSA) is 31.8 Å². The van der Waals surface area contributed by atoms with Crippen LogP contribution in [-0.4, -0.2) is 14.1 Å². The molecule has 2 rings (SSSR count). The van der Waals surface area contributed by atoms with Gasteiger partial charge in [0.25, 0.3) is 0 Å². The first-order chi connectivity index (χ1) is 9.08. The zero-order valence-corrected chi connectivity index (χ0v) is 12.7. The van der Waals surface area contributed by atoms with Crippen molar-refractivity contribution in [1.82, 2.24) is 0 Å². The molecule has 0 aliphatic rings. The summed E-state index contributed by atoms with van der Waals surface area (Å²) < 4.78 is 1.94. The van der Waals surface area contributed by atoms with Gasteiger partial charge in [0.05, 0.1) is 12.2 Å². The molecule has 1 heterocycles. The van der Waals surface area contributed by atoms with Crippen LogP contribution < -0.4 is 9.47 Å². The number of nitrogens with zero attached hydrogens (tertiary/aromatic N) is 4. The van der Waals surface area contributed by atoms with Gasteiger partial charge in [-0.3, -0.25) is 0 Å². The van der Waals surface area contributed by atoms with Crippen molar-refractivity contribution < 1.29 is 4.57 Å². The van der Waals surface area contributed by atoms with E-state index in [2.05, 4.69) is 10.2 Å². The highest BCUT2D eigenvalue weighted by molar-refractivity contribution is 7.12. The number of aromatic nitrogens is 1. The summed E-state index contributed by atoms with van der Waals surface area (Å²) in [7, 11) is 5.92. The largest absolute Gasteiger partial charge is 0.407 e. The maximum atomic E-state index is 6.23. The first-order valence-electron chi connectivity index (χ1n) is 5.84. The van der Waals surface area contributed by atoms with Crippen molar-refractivity contribution in [2.24, 2.45) is 17.3 Å². The number of hydrogen-bond acceptors (Lipinski definition) is 4. The van der Waals surface area contributed by atoms with Crippen LogP contribution in [0.1, 0.15) is 5.56 Å². The number of anilines is 1. The fourth-order valence-corrected chi connectivity index (χ4v) is 2.47. The van der Waals surface area contributed by atoms with Crippen molar-refractivity contribution in [1.29, 1.82) is 0 Å². The van der Waals surface area contributed by atoms with Crippen LogP contribution in [0.3, 0.4) is 0 Å². The average molecular weight is 296 g/mol. The smallest absolute Gasteiger partial charge is 0.378 e. The van der Waals surface area contributed by atoms with Gasteiger partial charge in [0, 0.05) is 30.2 Å². The highest BCUT2D eigenvalue weighted by atomic mass is 35.5. The number of hydrogen-bond donors (Lipinski definition) is 0. The first-order valence-corrected chi connectivity index (χ1v) is 7.10. The monoisotopic (exact) mass is 295 g/mol. The van der Waals surface area contributed by atoms with E-state index in [-0.39, 0.29) is 0 Å². The fraction of sp³-hybridized carbons (Fsp3) is 0.308. The Morgan fingerprint density at radius 1 is 1.37 bits per heavy atom. The van der Waals surface area contributed by atoms with Gasteiger partial charge in [-0.2, -0.15) is 0 Å². The van der Waals surface area contributed by atoms with Gasteiger partial charge in [0.2, 0.25) is 0 Å². The second-order valence-corrected chi connectivity index (χ2v) is 5.65. The van der Waals surface area contributed by atoms with Crippen LogP contribution >= 0.6 is 22.9 Å². The van der Waals surface area contributed by atoms with Crippen molar-refractivity contribution >= 4 is 33.8 Å². The highest BCUT2D eigenvalue weighted by Gasteiger charge is 2.08. The molecule has 0 fully saturated rings. The van der Waals surface area contributed by atoms with Crippen LogP contribution in [0.2, 0.25) is 5.02 Å². The summed E-state index contributed by atoms with van der Waals surface area (Å²) in [6.07, 6.45) is 1.96. The van der Waals surface area contributed by atoms with Gasteiger partial charge in [-0.1, -0.05) is 22.8 Å². The molecule has 0 saturated heterocycles. The van der Waals surface area contributed by atoms with Gasteiger partial charge < -0.3 is 4.90 Å². The van der Waals surface area contributed by atoms with Crippen LogP contribution in [-0.2, 0) is 13.6 Å². The maximum absolute atomic E-state index is 6.23. The molecule has 0 aliphatic heterocycles. The molecule has 0 spiro atoms. The number of azo groups is 1. The van der Waals surface area contributed by atoms with Gasteiger partial charge >= 0.3 is 5.13 Å². The minimum Gasteiger partial charge on any atom is -0.378 e. The molecule has 0 radical (unpaired) electrons. The number of benzene rings is 1. The predicted octanol–water partition coefficient (Wildman–Crippen LogP) is 3.58. The van der Waals surface area contributed by atoms with E-state index in [1.54, 1.807) is 11.3 Å². The lowest BCUT2D eigenvalue weighted by atomic mass is 10.2. The Hall–Kier alpha value is -1.46. The molecular formula is C13H16ClN4S+. The molecule has 0 aliphatic carbocycles. The Kier molecular flexibility index (Phi) is 4.50. The molecule has 0 amide bonds. The van der Waals surface area contributed by atoms with Crippen molar-refractivity contribution in [3.05, 3.63) is 40.4 Å². The van der Waals surface area contributed by atoms with E-state index in [4.69, 9.17) is 11.6 Å². The Balaban J connectivity index is 2.08. The molecule has 2 aromatic rings. The van der Waals surface area contributed by atoms with E-state index in [0.29, 0.717) is 6.54 Å². The molecule has 100 valence electrons. The molecule has 0 bridgehead atoms. The van der Waals surface area contributed by atoms with Gasteiger partial charge in [0.15, 0.2) is 0 Å². The first kappa shape index (κ1) is 14.0. The summed E-state index contributed by atoms with van der Waals surface area (Å²) in [5.74, 6) is 0. The Morgan fingerprint density at radius 2 is 2.16 bits per heavy atom. The second-order valence-electron chi connectivity index (χ2n) is 4.37. The minimum atomic E-state index is 0.491. The Morgan fingerprint density at radius 3 is 2.74 bits per heavy atom. The molecule has 6 heteroatoms. The molecule has 0 saturated carbocycles. The van der Waals surface area contributed by atoms with Gasteiger partial charge in [0.1, 0.15) is 12.7 Å². The molecule has 0 atom stereocenters. The lowest BCUT2D eigenvalue weighted by Gasteiger charge is -2.13. The standard InChI is InChI=1S/C13H16ClN4S/c1-17(2)11-5-4-10(12(14)8-11)9-15-16-13-18(3)6-7-19-13/h4-8H,9H2,1-3H3/q+1. The van der Waals surface area contributed by atoms with E-state index in [0.717, 1.165) is 21.4 Å². The normalized spacial score (nSPS) is 11.2. The lowest BCUT2D eigenvalue weighted by Crippen LogP contribution is -2.23. The molecule has 0 N–H and O–H groups in total. The summed E-state index contributed by atoms with van der Waals surface area (Å²) in [5, 5.41) is 12.0. The summed E-state index contributed by atoms with van der Waals surface area (Å²) in [5.41, 5.74) is 2.06. The molecule has 19 heavy (non-hydrogen) atoms. The summed E-state index contributed by atoms with van der Waals surface area (Å²) >= 11 is 7.79. The van der Waals surface area contributed by atoms with E-state index in [1.165, 1.54) is 0 Å². The van der Waals surface area contributed by atoms with E-state index < -0.39 is 0 Å². The summed E-state index contributed by atoms with van der Waals surface area (Å²) in [4.78, 5) is 2.02. The third-order valence-electron chi connectivity index (χ3n) is 2.71. The quantitative estimate of drug-likeness (QED) is 0.627. The summed E-state index contributed by atoms with van der Waals surface area (Å²) in [6, 6.07) is 5.96. The van der Waals surface area contributed by atoms with Crippen LogP contribution in [0.5, 0.6) is 0 Å². The fourth-order valence-electron chi connectivity index (χ4n) is 1.54. The predicted molar refractivity (Wildman–Crippen MR) is 79.5 cm³/mol. The zero-order valence-electron chi connectivity index (χ0n) is 11.2. The Bertz CT molecular complexity index is 592. The van der Waals surface area contributed by atoms with E-state index in [9.17, 15) is 0 Å². The third-order valence-corrected chi connectivity index (χ3v) is 3.90. The van der Waals surface area contributed by atoms with E-state index >= 15 is 0 Å². The second kappa shape index (κ2) is 6.12. The van der Waals surface area contributed by atoms with Crippen LogP contribution in [0, 0.1) is 0 Å². The number of aryl methyl sites for hydroxylation is 1. The van der Waals surface area contributed by atoms with Gasteiger partial charge in [-0.15, -0.1) is 0 Å². The van der Waals surface area contributed by atoms with Crippen molar-refractivity contribution in [3.63, 3.8) is 0 Å². The maximum Gasteiger partial charge on any atom is 0.407 e. The molecular weight excluding hydrogens is 280 g/mol. The van der Waals surface area contributed by atoms with Crippen molar-refractivity contribution in [2.75, 3.05) is 19.0 Å². The van der Waals surface area contributed by atoms with Crippen LogP contribution in [0.4, 0.5) is 10.8 Å². The van der Waals surface area contributed by atoms with Crippen molar-refractivity contribution in [3.8, 4) is 0 Å². The lowest BCUT2D eigenvalue weighted by molar-refractivity contribution is -0.654. The van der Waals surface area contributed by atoms with Crippen LogP contribution in [0.25, 0.3) is 0 Å².